The summed E-state index contributed by atoms with van der Waals surface area (Å²) in [6, 6.07) is 12.1. The summed E-state index contributed by atoms with van der Waals surface area (Å²) in [6.07, 6.45) is 3.38. The lowest BCUT2D eigenvalue weighted by molar-refractivity contribution is 1.29. The van der Waals surface area contributed by atoms with E-state index in [0.717, 1.165) is 22.2 Å². The third-order valence-electron chi connectivity index (χ3n) is 2.87. The van der Waals surface area contributed by atoms with Crippen LogP contribution in [0.15, 0.2) is 48.8 Å². The van der Waals surface area contributed by atoms with Crippen LogP contribution in [0.1, 0.15) is 5.56 Å². The van der Waals surface area contributed by atoms with Gasteiger partial charge in [-0.05, 0) is 24.6 Å². The third kappa shape index (κ3) is 1.95. The van der Waals surface area contributed by atoms with E-state index in [1.54, 1.807) is 12.4 Å². The van der Waals surface area contributed by atoms with Crippen LogP contribution in [0.25, 0.3) is 22.2 Å². The second kappa shape index (κ2) is 4.39. The highest BCUT2D eigenvalue weighted by Gasteiger charge is 2.07. The molecule has 3 aromatic rings. The lowest BCUT2D eigenvalue weighted by Crippen LogP contribution is -1.88. The van der Waals surface area contributed by atoms with Crippen molar-refractivity contribution in [3.05, 3.63) is 59.4 Å². The Morgan fingerprint density at radius 2 is 1.83 bits per heavy atom. The fourth-order valence-electron chi connectivity index (χ4n) is 2.07. The number of halogens is 1. The zero-order valence-corrected chi connectivity index (χ0v) is 10.6. The van der Waals surface area contributed by atoms with Crippen molar-refractivity contribution in [2.45, 2.75) is 6.92 Å². The van der Waals surface area contributed by atoms with Gasteiger partial charge in [0.2, 0.25) is 0 Å². The van der Waals surface area contributed by atoms with Crippen molar-refractivity contribution in [1.29, 1.82) is 0 Å². The van der Waals surface area contributed by atoms with Crippen LogP contribution in [0.2, 0.25) is 5.02 Å². The Morgan fingerprint density at radius 1 is 1.00 bits per heavy atom. The Labute approximate surface area is 110 Å². The summed E-state index contributed by atoms with van der Waals surface area (Å²) >= 11 is 6.15. The minimum Gasteiger partial charge on any atom is -0.253 e. The molecule has 2 nitrogen and oxygen atoms in total. The highest BCUT2D eigenvalue weighted by atomic mass is 35.5. The number of nitrogens with zero attached hydrogens (tertiary/aromatic N) is 2. The number of fused-ring (bicyclic) bond motifs is 1. The number of benzene rings is 2. The second-order valence-corrected chi connectivity index (χ2v) is 4.68. The van der Waals surface area contributed by atoms with Crippen molar-refractivity contribution in [1.82, 2.24) is 9.97 Å². The van der Waals surface area contributed by atoms with E-state index in [-0.39, 0.29) is 0 Å². The predicted molar refractivity (Wildman–Crippen MR) is 74.7 cm³/mol. The quantitative estimate of drug-likeness (QED) is 0.648. The van der Waals surface area contributed by atoms with Gasteiger partial charge in [0.25, 0.3) is 0 Å². The van der Waals surface area contributed by atoms with Gasteiger partial charge in [0.1, 0.15) is 0 Å². The number of aromatic nitrogens is 2. The van der Waals surface area contributed by atoms with Gasteiger partial charge in [-0.25, -0.2) is 0 Å². The summed E-state index contributed by atoms with van der Waals surface area (Å²) in [7, 11) is 0. The minimum absolute atomic E-state index is 0.680. The summed E-state index contributed by atoms with van der Waals surface area (Å²) < 4.78 is 0. The first kappa shape index (κ1) is 11.2. The van der Waals surface area contributed by atoms with Crippen LogP contribution in [0.4, 0.5) is 0 Å². The fourth-order valence-corrected chi connectivity index (χ4v) is 2.29. The molecular formula is C15H11ClN2. The zero-order chi connectivity index (χ0) is 12.5. The molecular weight excluding hydrogens is 244 g/mol. The molecule has 0 saturated heterocycles. The van der Waals surface area contributed by atoms with Crippen molar-refractivity contribution >= 4 is 22.6 Å². The molecule has 0 saturated carbocycles. The Hall–Kier alpha value is -1.93. The molecule has 0 atom stereocenters. The van der Waals surface area contributed by atoms with Crippen LogP contribution in [0.5, 0.6) is 0 Å². The maximum Gasteiger partial charge on any atom is 0.0966 e. The first-order valence-corrected chi connectivity index (χ1v) is 6.09. The molecule has 3 rings (SSSR count). The molecule has 88 valence electrons. The van der Waals surface area contributed by atoms with E-state index >= 15 is 0 Å². The van der Waals surface area contributed by atoms with Gasteiger partial charge in [-0.1, -0.05) is 41.4 Å². The van der Waals surface area contributed by atoms with Crippen molar-refractivity contribution in [3.8, 4) is 11.1 Å². The summed E-state index contributed by atoms with van der Waals surface area (Å²) in [5, 5.41) is 0.680. The van der Waals surface area contributed by atoms with E-state index in [4.69, 9.17) is 11.6 Å². The van der Waals surface area contributed by atoms with E-state index in [2.05, 4.69) is 35.1 Å². The summed E-state index contributed by atoms with van der Waals surface area (Å²) in [5.74, 6) is 0. The lowest BCUT2D eigenvalue weighted by atomic mass is 10.0. The Kier molecular flexibility index (Phi) is 2.73. The molecule has 0 N–H and O–H groups in total. The van der Waals surface area contributed by atoms with Gasteiger partial charge >= 0.3 is 0 Å². The molecule has 18 heavy (non-hydrogen) atoms. The molecule has 0 amide bonds. The average Bonchev–Trinajstić information content (AvgIpc) is 2.37. The molecule has 1 aromatic heterocycles. The molecule has 0 aliphatic carbocycles. The summed E-state index contributed by atoms with van der Waals surface area (Å²) in [5.41, 5.74) is 5.05. The molecule has 2 aromatic carbocycles. The van der Waals surface area contributed by atoms with Crippen molar-refractivity contribution in [2.75, 3.05) is 0 Å². The normalized spacial score (nSPS) is 10.8. The standard InChI is InChI=1S/C15H11ClN2/c1-10-3-2-4-11(7-10)13-8-12(16)9-14-15(13)18-6-5-17-14/h2-9H,1H3. The summed E-state index contributed by atoms with van der Waals surface area (Å²) in [4.78, 5) is 8.71. The average molecular weight is 255 g/mol. The van der Waals surface area contributed by atoms with Gasteiger partial charge in [0.15, 0.2) is 0 Å². The first-order chi connectivity index (χ1) is 8.74. The smallest absolute Gasteiger partial charge is 0.0966 e. The van der Waals surface area contributed by atoms with E-state index in [9.17, 15) is 0 Å². The highest BCUT2D eigenvalue weighted by Crippen LogP contribution is 2.30. The Balaban J connectivity index is 2.34. The van der Waals surface area contributed by atoms with Crippen LogP contribution < -0.4 is 0 Å². The zero-order valence-electron chi connectivity index (χ0n) is 9.89. The van der Waals surface area contributed by atoms with E-state index in [1.807, 2.05) is 18.2 Å². The number of aryl methyl sites for hydroxylation is 1. The monoisotopic (exact) mass is 254 g/mol. The maximum absolute atomic E-state index is 6.15. The number of hydrogen-bond acceptors (Lipinski definition) is 2. The van der Waals surface area contributed by atoms with Gasteiger partial charge in [0.05, 0.1) is 11.0 Å². The van der Waals surface area contributed by atoms with E-state index in [0.29, 0.717) is 5.02 Å². The predicted octanol–water partition coefficient (Wildman–Crippen LogP) is 4.26. The maximum atomic E-state index is 6.15. The molecule has 0 aliphatic heterocycles. The Bertz CT molecular complexity index is 723. The van der Waals surface area contributed by atoms with Crippen LogP contribution >= 0.6 is 11.6 Å². The highest BCUT2D eigenvalue weighted by molar-refractivity contribution is 6.31. The van der Waals surface area contributed by atoms with Crippen molar-refractivity contribution in [3.63, 3.8) is 0 Å². The van der Waals surface area contributed by atoms with E-state index < -0.39 is 0 Å². The molecule has 0 unspecified atom stereocenters. The number of rotatable bonds is 1. The molecule has 0 aliphatic rings. The largest absolute Gasteiger partial charge is 0.253 e. The minimum atomic E-state index is 0.680. The fraction of sp³-hybridized carbons (Fsp3) is 0.0667. The topological polar surface area (TPSA) is 25.8 Å². The Morgan fingerprint density at radius 3 is 2.67 bits per heavy atom. The first-order valence-electron chi connectivity index (χ1n) is 5.71. The molecule has 3 heteroatoms. The van der Waals surface area contributed by atoms with Gasteiger partial charge in [-0.15, -0.1) is 0 Å². The van der Waals surface area contributed by atoms with E-state index in [1.165, 1.54) is 5.56 Å². The third-order valence-corrected chi connectivity index (χ3v) is 3.09. The summed E-state index contributed by atoms with van der Waals surface area (Å²) in [6.45, 7) is 2.07. The van der Waals surface area contributed by atoms with Crippen LogP contribution in [-0.4, -0.2) is 9.97 Å². The van der Waals surface area contributed by atoms with Crippen LogP contribution in [-0.2, 0) is 0 Å². The molecule has 0 bridgehead atoms. The SMILES string of the molecule is Cc1cccc(-c2cc(Cl)cc3nccnc23)c1. The number of hydrogen-bond donors (Lipinski definition) is 0. The van der Waals surface area contributed by atoms with Gasteiger partial charge in [-0.3, -0.25) is 9.97 Å². The second-order valence-electron chi connectivity index (χ2n) is 4.25. The molecule has 0 radical (unpaired) electrons. The molecule has 0 spiro atoms. The van der Waals surface area contributed by atoms with Gasteiger partial charge in [-0.2, -0.15) is 0 Å². The van der Waals surface area contributed by atoms with Gasteiger partial charge in [0, 0.05) is 23.0 Å². The molecule has 1 heterocycles. The van der Waals surface area contributed by atoms with Gasteiger partial charge < -0.3 is 0 Å². The van der Waals surface area contributed by atoms with Crippen LogP contribution in [0.3, 0.4) is 0 Å². The van der Waals surface area contributed by atoms with Crippen molar-refractivity contribution < 1.29 is 0 Å². The van der Waals surface area contributed by atoms with Crippen LogP contribution in [0, 0.1) is 6.92 Å². The lowest BCUT2D eigenvalue weighted by Gasteiger charge is -2.07. The molecule has 0 fully saturated rings. The van der Waals surface area contributed by atoms with Crippen molar-refractivity contribution in [2.24, 2.45) is 0 Å².